The Labute approximate surface area is 210 Å². The Morgan fingerprint density at radius 3 is 2.56 bits per heavy atom. The molecule has 0 fully saturated rings. The number of ether oxygens (including phenoxy) is 1. The maximum absolute atomic E-state index is 13.0. The zero-order valence-corrected chi connectivity index (χ0v) is 21.5. The number of aliphatic hydroxyl groups excluding tert-OH is 1. The number of aromatic nitrogens is 5. The zero-order chi connectivity index (χ0) is 25.8. The van der Waals surface area contributed by atoms with Gasteiger partial charge in [-0.3, -0.25) is 9.69 Å². The number of aromatic amines is 1. The SMILES string of the molecule is COc1ccc(Cn2nnnc2[C@@H](C(C)C)N(CCO)Cc2cc3c(C)cc(C)cc3[nH]c2=O)cc1. The first-order chi connectivity index (χ1) is 17.3. The highest BCUT2D eigenvalue weighted by Crippen LogP contribution is 2.29. The van der Waals surface area contributed by atoms with Gasteiger partial charge in [0.2, 0.25) is 0 Å². The molecule has 0 saturated carbocycles. The molecule has 0 aliphatic heterocycles. The Bertz CT molecular complexity index is 1380. The molecule has 0 radical (unpaired) electrons. The summed E-state index contributed by atoms with van der Waals surface area (Å²) in [4.78, 5) is 18.2. The van der Waals surface area contributed by atoms with Crippen molar-refractivity contribution in [1.82, 2.24) is 30.1 Å². The molecule has 0 amide bonds. The summed E-state index contributed by atoms with van der Waals surface area (Å²) >= 11 is 0. The molecule has 2 aromatic heterocycles. The topological polar surface area (TPSA) is 109 Å². The van der Waals surface area contributed by atoms with Crippen molar-refractivity contribution < 1.29 is 9.84 Å². The van der Waals surface area contributed by atoms with Gasteiger partial charge in [0.05, 0.1) is 26.3 Å². The molecule has 36 heavy (non-hydrogen) atoms. The highest BCUT2D eigenvalue weighted by molar-refractivity contribution is 5.83. The van der Waals surface area contributed by atoms with Gasteiger partial charge in [0.1, 0.15) is 5.75 Å². The lowest BCUT2D eigenvalue weighted by molar-refractivity contribution is 0.106. The number of rotatable bonds is 10. The molecular formula is C27H34N6O3. The number of nitrogens with one attached hydrogen (secondary N) is 1. The Balaban J connectivity index is 1.68. The standard InChI is InChI=1S/C27H34N6O3/c1-17(2)25(26-29-30-31-33(26)15-20-6-8-22(36-5)9-7-20)32(10-11-34)16-21-14-23-19(4)12-18(3)13-24(23)28-27(21)35/h6-9,12-14,17,25,34H,10-11,15-16H2,1-5H3,(H,28,35)/t25-/m1/s1. The van der Waals surface area contributed by atoms with E-state index in [0.717, 1.165) is 33.3 Å². The summed E-state index contributed by atoms with van der Waals surface area (Å²) in [6, 6.07) is 13.6. The average Bonchev–Trinajstić information content (AvgIpc) is 3.27. The van der Waals surface area contributed by atoms with E-state index >= 15 is 0 Å². The predicted molar refractivity (Wildman–Crippen MR) is 139 cm³/mol. The summed E-state index contributed by atoms with van der Waals surface area (Å²) in [5, 5.41) is 23.5. The number of aliphatic hydroxyl groups is 1. The van der Waals surface area contributed by atoms with Crippen LogP contribution >= 0.6 is 0 Å². The summed E-state index contributed by atoms with van der Waals surface area (Å²) < 4.78 is 7.04. The van der Waals surface area contributed by atoms with Gasteiger partial charge in [-0.1, -0.05) is 32.0 Å². The second-order valence-corrected chi connectivity index (χ2v) is 9.59. The number of tetrazole rings is 1. The second-order valence-electron chi connectivity index (χ2n) is 9.59. The van der Waals surface area contributed by atoms with E-state index in [0.29, 0.717) is 31.0 Å². The summed E-state index contributed by atoms with van der Waals surface area (Å²) in [6.07, 6.45) is 0. The number of methoxy groups -OCH3 is 1. The van der Waals surface area contributed by atoms with Gasteiger partial charge in [-0.25, -0.2) is 4.68 Å². The van der Waals surface area contributed by atoms with Crippen LogP contribution in [-0.4, -0.2) is 55.5 Å². The number of nitrogens with zero attached hydrogens (tertiary/aromatic N) is 5. The van der Waals surface area contributed by atoms with Crippen LogP contribution in [0.4, 0.5) is 0 Å². The molecule has 0 saturated heterocycles. The van der Waals surface area contributed by atoms with Gasteiger partial charge < -0.3 is 14.8 Å². The van der Waals surface area contributed by atoms with Gasteiger partial charge in [0.15, 0.2) is 5.82 Å². The predicted octanol–water partition coefficient (Wildman–Crippen LogP) is 3.38. The molecule has 2 aromatic carbocycles. The number of hydrogen-bond donors (Lipinski definition) is 2. The molecule has 0 aliphatic carbocycles. The van der Waals surface area contributed by atoms with Gasteiger partial charge in [-0.2, -0.15) is 0 Å². The van der Waals surface area contributed by atoms with Gasteiger partial charge in [0.25, 0.3) is 5.56 Å². The molecular weight excluding hydrogens is 456 g/mol. The van der Waals surface area contributed by atoms with Gasteiger partial charge in [-0.05, 0) is 71.1 Å². The molecule has 9 heteroatoms. The van der Waals surface area contributed by atoms with Crippen LogP contribution < -0.4 is 10.3 Å². The van der Waals surface area contributed by atoms with Crippen molar-refractivity contribution in [2.45, 2.75) is 46.8 Å². The van der Waals surface area contributed by atoms with Crippen LogP contribution in [0.1, 0.15) is 48.0 Å². The monoisotopic (exact) mass is 490 g/mol. The molecule has 0 spiro atoms. The largest absolute Gasteiger partial charge is 0.497 e. The van der Waals surface area contributed by atoms with E-state index < -0.39 is 0 Å². The molecule has 4 rings (SSSR count). The van der Waals surface area contributed by atoms with E-state index in [2.05, 4.69) is 45.3 Å². The van der Waals surface area contributed by atoms with E-state index in [1.54, 1.807) is 11.8 Å². The van der Waals surface area contributed by atoms with Crippen molar-refractivity contribution >= 4 is 10.9 Å². The summed E-state index contributed by atoms with van der Waals surface area (Å²) in [6.45, 7) is 9.45. The van der Waals surface area contributed by atoms with Crippen LogP contribution in [0.2, 0.25) is 0 Å². The number of H-pyrrole nitrogens is 1. The fourth-order valence-electron chi connectivity index (χ4n) is 4.82. The first-order valence-corrected chi connectivity index (χ1v) is 12.2. The van der Waals surface area contributed by atoms with Gasteiger partial charge in [-0.15, -0.1) is 5.10 Å². The Morgan fingerprint density at radius 2 is 1.89 bits per heavy atom. The Hall–Kier alpha value is -3.56. The molecule has 0 aliphatic rings. The number of fused-ring (bicyclic) bond motifs is 1. The molecule has 4 aromatic rings. The Morgan fingerprint density at radius 1 is 1.14 bits per heavy atom. The zero-order valence-electron chi connectivity index (χ0n) is 21.5. The minimum atomic E-state index is -0.209. The highest BCUT2D eigenvalue weighted by atomic mass is 16.5. The lowest BCUT2D eigenvalue weighted by Crippen LogP contribution is -2.37. The molecule has 2 heterocycles. The van der Waals surface area contributed by atoms with Crippen LogP contribution in [0.25, 0.3) is 10.9 Å². The average molecular weight is 491 g/mol. The fraction of sp³-hybridized carbons (Fsp3) is 0.407. The minimum Gasteiger partial charge on any atom is -0.497 e. The van der Waals surface area contributed by atoms with Crippen molar-refractivity contribution in [3.63, 3.8) is 0 Å². The summed E-state index contributed by atoms with van der Waals surface area (Å²) in [7, 11) is 1.64. The van der Waals surface area contributed by atoms with Crippen molar-refractivity contribution in [2.75, 3.05) is 20.3 Å². The van der Waals surface area contributed by atoms with Crippen molar-refractivity contribution in [3.8, 4) is 5.75 Å². The normalized spacial score (nSPS) is 12.6. The molecule has 0 bridgehead atoms. The first-order valence-electron chi connectivity index (χ1n) is 12.2. The van der Waals surface area contributed by atoms with Crippen molar-refractivity contribution in [2.24, 2.45) is 5.92 Å². The van der Waals surface area contributed by atoms with E-state index in [1.807, 2.05) is 50.2 Å². The van der Waals surface area contributed by atoms with Crippen molar-refractivity contribution in [1.29, 1.82) is 0 Å². The van der Waals surface area contributed by atoms with E-state index in [-0.39, 0.29) is 24.1 Å². The number of hydrogen-bond acceptors (Lipinski definition) is 7. The molecule has 2 N–H and O–H groups in total. The first kappa shape index (κ1) is 25.5. The third-order valence-electron chi connectivity index (χ3n) is 6.49. The quantitative estimate of drug-likeness (QED) is 0.351. The van der Waals surface area contributed by atoms with E-state index in [4.69, 9.17) is 4.74 Å². The maximum Gasteiger partial charge on any atom is 0.252 e. The third kappa shape index (κ3) is 5.47. The molecule has 9 nitrogen and oxygen atoms in total. The van der Waals surface area contributed by atoms with Crippen molar-refractivity contribution in [3.05, 3.63) is 80.9 Å². The lowest BCUT2D eigenvalue weighted by atomic mass is 9.99. The smallest absolute Gasteiger partial charge is 0.252 e. The summed E-state index contributed by atoms with van der Waals surface area (Å²) in [5.41, 5.74) is 4.60. The van der Waals surface area contributed by atoms with Crippen LogP contribution in [0, 0.1) is 19.8 Å². The molecule has 1 atom stereocenters. The van der Waals surface area contributed by atoms with E-state index in [1.165, 1.54) is 0 Å². The Kier molecular flexibility index (Phi) is 7.81. The van der Waals surface area contributed by atoms with Crippen LogP contribution in [-0.2, 0) is 13.1 Å². The second kappa shape index (κ2) is 11.0. The van der Waals surface area contributed by atoms with Crippen LogP contribution in [0.3, 0.4) is 0 Å². The number of benzene rings is 2. The fourth-order valence-corrected chi connectivity index (χ4v) is 4.82. The summed E-state index contributed by atoms with van der Waals surface area (Å²) in [5.74, 6) is 1.61. The van der Waals surface area contributed by atoms with Gasteiger partial charge in [0, 0.05) is 29.6 Å². The van der Waals surface area contributed by atoms with Crippen LogP contribution in [0.5, 0.6) is 5.75 Å². The van der Waals surface area contributed by atoms with E-state index in [9.17, 15) is 9.90 Å². The number of pyridine rings is 1. The molecule has 0 unspecified atom stereocenters. The van der Waals surface area contributed by atoms with Crippen LogP contribution in [0.15, 0.2) is 47.3 Å². The molecule has 190 valence electrons. The highest BCUT2D eigenvalue weighted by Gasteiger charge is 2.29. The lowest BCUT2D eigenvalue weighted by Gasteiger charge is -2.33. The maximum atomic E-state index is 13.0. The number of aryl methyl sites for hydroxylation is 2. The third-order valence-corrected chi connectivity index (χ3v) is 6.49. The van der Waals surface area contributed by atoms with Gasteiger partial charge >= 0.3 is 0 Å². The minimum absolute atomic E-state index is 0.0486.